The summed E-state index contributed by atoms with van der Waals surface area (Å²) >= 11 is 0. The van der Waals surface area contributed by atoms with Crippen molar-refractivity contribution >= 4 is 5.97 Å². The fraction of sp³-hybridized carbons (Fsp3) is 0.518. The smallest absolute Gasteiger partial charge is 0.310 e. The Labute approximate surface area is 365 Å². The van der Waals surface area contributed by atoms with E-state index in [9.17, 15) is 9.90 Å². The average molecular weight is 821 g/mol. The molecule has 5 heteroatoms. The quantitative estimate of drug-likeness (QED) is 0.0981. The van der Waals surface area contributed by atoms with Crippen molar-refractivity contribution in [2.45, 2.75) is 111 Å². The van der Waals surface area contributed by atoms with Crippen LogP contribution in [-0.2, 0) is 31.2 Å². The van der Waals surface area contributed by atoms with E-state index in [-0.39, 0.29) is 45.4 Å². The summed E-state index contributed by atoms with van der Waals surface area (Å²) in [4.78, 5) is 15.0. The summed E-state index contributed by atoms with van der Waals surface area (Å²) < 4.78 is 21.0. The Morgan fingerprint density at radius 3 is 1.87 bits per heavy atom. The number of benzene rings is 4. The molecule has 5 aliphatic rings. The molecule has 1 heterocycles. The maximum Gasteiger partial charge on any atom is 0.310 e. The van der Waals surface area contributed by atoms with Gasteiger partial charge in [0.2, 0.25) is 0 Å². The largest absolute Gasteiger partial charge is 0.461 e. The van der Waals surface area contributed by atoms with Gasteiger partial charge >= 0.3 is 5.97 Å². The number of hydrogen-bond acceptors (Lipinski definition) is 5. The van der Waals surface area contributed by atoms with Gasteiger partial charge in [-0.1, -0.05) is 181 Å². The molecule has 2 unspecified atom stereocenters. The van der Waals surface area contributed by atoms with Crippen molar-refractivity contribution < 1.29 is 24.1 Å². The SMILES string of the molecule is CC(C)[C@@H](C)[C@@]1(C)CC[C@]2(C)[C@H]3CCC4C5(C)COC[C@@]4(C[C@@H](OC(c4ccccc4)(c4ccccc4)c4ccccc4)[C@@H]5O)C3=CC[C@@]2(C)[C@@H]1C(=O)OCc1ccccc1. The molecule has 0 aromatic heterocycles. The number of rotatable bonds is 10. The molecule has 11 atom stereocenters. The van der Waals surface area contributed by atoms with Gasteiger partial charge in [-0.2, -0.15) is 0 Å². The molecule has 0 radical (unpaired) electrons. The molecule has 5 nitrogen and oxygen atoms in total. The number of carbonyl (C=O) groups excluding carboxylic acids is 1. The van der Waals surface area contributed by atoms with E-state index >= 15 is 0 Å². The summed E-state index contributed by atoms with van der Waals surface area (Å²) in [6.45, 7) is 18.1. The first-order chi connectivity index (χ1) is 29.2. The number of hydrogen-bond donors (Lipinski definition) is 1. The molecule has 4 aromatic carbocycles. The minimum Gasteiger partial charge on any atom is -0.461 e. The van der Waals surface area contributed by atoms with Crippen molar-refractivity contribution in [3.05, 3.63) is 155 Å². The third-order valence-electron chi connectivity index (χ3n) is 18.2. The minimum atomic E-state index is -0.960. The number of esters is 1. The van der Waals surface area contributed by atoms with Crippen molar-refractivity contribution in [3.63, 3.8) is 0 Å². The predicted molar refractivity (Wildman–Crippen MR) is 242 cm³/mol. The fourth-order valence-electron chi connectivity index (χ4n) is 14.4. The predicted octanol–water partition coefficient (Wildman–Crippen LogP) is 12.0. The molecule has 2 bridgehead atoms. The highest BCUT2D eigenvalue weighted by atomic mass is 16.5. The lowest BCUT2D eigenvalue weighted by Crippen LogP contribution is -2.70. The normalized spacial score (nSPS) is 36.1. The molecule has 322 valence electrons. The summed E-state index contributed by atoms with van der Waals surface area (Å²) in [5.41, 5.74) is 3.18. The van der Waals surface area contributed by atoms with Crippen LogP contribution in [-0.4, -0.2) is 36.5 Å². The van der Waals surface area contributed by atoms with Crippen LogP contribution in [0.4, 0.5) is 0 Å². The Hall–Kier alpha value is -4.03. The van der Waals surface area contributed by atoms with Gasteiger partial charge in [0, 0.05) is 10.8 Å². The van der Waals surface area contributed by atoms with Crippen LogP contribution in [0.25, 0.3) is 0 Å². The maximum absolute atomic E-state index is 15.0. The van der Waals surface area contributed by atoms with Gasteiger partial charge in [-0.25, -0.2) is 0 Å². The maximum atomic E-state index is 15.0. The van der Waals surface area contributed by atoms with E-state index in [1.54, 1.807) is 0 Å². The molecule has 1 N–H and O–H groups in total. The fourth-order valence-corrected chi connectivity index (χ4v) is 14.4. The Balaban J connectivity index is 1.14. The van der Waals surface area contributed by atoms with E-state index in [1.165, 1.54) is 5.57 Å². The van der Waals surface area contributed by atoms with Gasteiger partial charge in [0.1, 0.15) is 12.2 Å². The zero-order valence-corrected chi connectivity index (χ0v) is 37.6. The van der Waals surface area contributed by atoms with E-state index in [4.69, 9.17) is 14.2 Å². The highest BCUT2D eigenvalue weighted by molar-refractivity contribution is 5.75. The van der Waals surface area contributed by atoms with Crippen molar-refractivity contribution in [1.29, 1.82) is 0 Å². The van der Waals surface area contributed by atoms with Crippen molar-refractivity contribution in [2.75, 3.05) is 13.2 Å². The second-order valence-electron chi connectivity index (χ2n) is 21.2. The Morgan fingerprint density at radius 2 is 1.31 bits per heavy atom. The van der Waals surface area contributed by atoms with Crippen molar-refractivity contribution in [1.82, 2.24) is 0 Å². The van der Waals surface area contributed by atoms with E-state index in [0.717, 1.165) is 54.4 Å². The van der Waals surface area contributed by atoms with E-state index in [1.807, 2.05) is 30.3 Å². The molecule has 4 aliphatic carbocycles. The third kappa shape index (κ3) is 6.37. The number of carbonyl (C=O) groups is 1. The first-order valence-corrected chi connectivity index (χ1v) is 23.3. The minimum absolute atomic E-state index is 0.0436. The molecule has 1 aliphatic heterocycles. The summed E-state index contributed by atoms with van der Waals surface area (Å²) in [6.07, 6.45) is 6.94. The van der Waals surface area contributed by atoms with Crippen LogP contribution >= 0.6 is 0 Å². The molecule has 1 saturated heterocycles. The number of aliphatic hydroxyl groups is 1. The highest BCUT2D eigenvalue weighted by Crippen LogP contribution is 2.75. The third-order valence-corrected chi connectivity index (χ3v) is 18.2. The molecule has 0 spiro atoms. The van der Waals surface area contributed by atoms with Gasteiger partial charge in [-0.05, 0) is 101 Å². The summed E-state index contributed by atoms with van der Waals surface area (Å²) in [6, 6.07) is 41.9. The van der Waals surface area contributed by atoms with E-state index in [2.05, 4.69) is 146 Å². The Morgan fingerprint density at radius 1 is 0.754 bits per heavy atom. The molecule has 61 heavy (non-hydrogen) atoms. The van der Waals surface area contributed by atoms with Crippen LogP contribution in [0, 0.1) is 56.7 Å². The van der Waals surface area contributed by atoms with Crippen molar-refractivity contribution in [3.8, 4) is 0 Å². The lowest BCUT2D eigenvalue weighted by Gasteiger charge is -2.71. The monoisotopic (exact) mass is 821 g/mol. The lowest BCUT2D eigenvalue weighted by molar-refractivity contribution is -0.271. The molecule has 4 aromatic rings. The number of aliphatic hydroxyl groups excluding tert-OH is 1. The molecule has 3 saturated carbocycles. The molecular formula is C56H68O5. The van der Waals surface area contributed by atoms with Gasteiger partial charge in [0.05, 0.1) is 31.3 Å². The van der Waals surface area contributed by atoms with Crippen LogP contribution in [0.3, 0.4) is 0 Å². The first kappa shape index (κ1) is 42.3. The van der Waals surface area contributed by atoms with Gasteiger partial charge in [0.15, 0.2) is 0 Å². The summed E-state index contributed by atoms with van der Waals surface area (Å²) in [7, 11) is 0. The van der Waals surface area contributed by atoms with Crippen LogP contribution < -0.4 is 0 Å². The van der Waals surface area contributed by atoms with Crippen LogP contribution in [0.5, 0.6) is 0 Å². The lowest BCUT2D eigenvalue weighted by atomic mass is 9.34. The Bertz CT molecular complexity index is 2110. The average Bonchev–Trinajstić information content (AvgIpc) is 3.28. The Kier molecular flexibility index (Phi) is 10.8. The van der Waals surface area contributed by atoms with E-state index in [0.29, 0.717) is 38.1 Å². The molecule has 9 rings (SSSR count). The zero-order chi connectivity index (χ0) is 42.8. The van der Waals surface area contributed by atoms with Crippen LogP contribution in [0.15, 0.2) is 133 Å². The molecular weight excluding hydrogens is 753 g/mol. The summed E-state index contributed by atoms with van der Waals surface area (Å²) in [5.74, 6) is 0.997. The summed E-state index contributed by atoms with van der Waals surface area (Å²) in [5, 5.41) is 12.9. The van der Waals surface area contributed by atoms with E-state index < -0.39 is 23.2 Å². The first-order valence-electron chi connectivity index (χ1n) is 23.3. The molecule has 0 amide bonds. The topological polar surface area (TPSA) is 65.0 Å². The second-order valence-corrected chi connectivity index (χ2v) is 21.2. The van der Waals surface area contributed by atoms with Gasteiger partial charge < -0.3 is 19.3 Å². The molecule has 4 fully saturated rings. The highest BCUT2D eigenvalue weighted by Gasteiger charge is 2.72. The standard InChI is InChI=1S/C56H68O5/c1-38(2)39(3)51(4)32-33-53(6)44-28-29-47-52(5)36-59-37-55(47,45(44)30-31-54(53,7)48(51)50(58)60-35-40-20-12-8-13-21-40)34-46(49(52)57)61-56(41-22-14-9-15-23-41,42-24-16-10-17-25-42)43-26-18-11-19-27-43/h8-27,30,38-39,44,46-49,57H,28-29,31-37H2,1-7H3/t39-,44+,46-,47?,48-,49+,51-,52?,53-,54+,55+/m1/s1. The number of allylic oxidation sites excluding steroid dienone is 1. The van der Waals surface area contributed by atoms with Gasteiger partial charge in [-0.3, -0.25) is 4.79 Å². The number of fused-ring (bicyclic) bond motifs is 3. The van der Waals surface area contributed by atoms with Crippen LogP contribution in [0.1, 0.15) is 109 Å². The van der Waals surface area contributed by atoms with Gasteiger partial charge in [-0.15, -0.1) is 0 Å². The zero-order valence-electron chi connectivity index (χ0n) is 37.6. The van der Waals surface area contributed by atoms with Gasteiger partial charge in [0.25, 0.3) is 0 Å². The van der Waals surface area contributed by atoms with Crippen molar-refractivity contribution in [2.24, 2.45) is 56.7 Å². The number of ether oxygens (including phenoxy) is 3. The second kappa shape index (κ2) is 15.6. The van der Waals surface area contributed by atoms with Crippen LogP contribution in [0.2, 0.25) is 0 Å².